The number of hydrogen-bond acceptors (Lipinski definition) is 6. The summed E-state index contributed by atoms with van der Waals surface area (Å²) in [7, 11) is -3.97. The molecule has 2 atom stereocenters. The third-order valence-corrected chi connectivity index (χ3v) is 6.64. The summed E-state index contributed by atoms with van der Waals surface area (Å²) in [4.78, 5) is 11.1. The smallest absolute Gasteiger partial charge is 0.266 e. The van der Waals surface area contributed by atoms with Gasteiger partial charge in [-0.3, -0.25) is 4.57 Å². The second kappa shape index (κ2) is 10.9. The van der Waals surface area contributed by atoms with Gasteiger partial charge in [0.2, 0.25) is 0 Å². The van der Waals surface area contributed by atoms with Crippen LogP contribution in [0.5, 0.6) is 11.5 Å². The van der Waals surface area contributed by atoms with Crippen LogP contribution in [-0.2, 0) is 18.8 Å². The zero-order valence-electron chi connectivity index (χ0n) is 17.4. The number of hydrogen-bond donors (Lipinski definition) is 1. The fourth-order valence-electron chi connectivity index (χ4n) is 3.02. The van der Waals surface area contributed by atoms with Crippen LogP contribution < -0.4 is 20.1 Å². The molecule has 30 heavy (non-hydrogen) atoms. The van der Waals surface area contributed by atoms with E-state index in [-0.39, 0.29) is 36.0 Å². The van der Waals surface area contributed by atoms with E-state index in [9.17, 15) is 9.46 Å². The molecule has 0 amide bonds. The lowest BCUT2D eigenvalue weighted by Crippen LogP contribution is -2.26. The largest absolute Gasteiger partial charge is 0.490 e. The molecule has 164 valence electrons. The van der Waals surface area contributed by atoms with Crippen molar-refractivity contribution in [3.05, 3.63) is 48.5 Å². The van der Waals surface area contributed by atoms with Crippen LogP contribution in [0.25, 0.3) is 0 Å². The minimum absolute atomic E-state index is 0.203. The molecule has 0 saturated carbocycles. The summed E-state index contributed by atoms with van der Waals surface area (Å²) in [5.74, 6) is 0.699. The zero-order chi connectivity index (χ0) is 21.4. The normalized spacial score (nSPS) is 23.6. The van der Waals surface area contributed by atoms with Gasteiger partial charge in [0.05, 0.1) is 49.2 Å². The van der Waals surface area contributed by atoms with Gasteiger partial charge in [-0.25, -0.2) is 0 Å². The molecule has 1 heterocycles. The Balaban J connectivity index is 1.91. The molecule has 7 nitrogen and oxygen atoms in total. The first-order chi connectivity index (χ1) is 14.5. The standard InChI is InChI=1S/C22H29O7P/c1-17-15-28-19-7-3-5-9-21(19)30(23,24)22-10-6-4-8-20(22)29-16-18(2)27-14-12-25-11-13-26-17/h3-10,17-18H,11-16H2,1-2H3,(H,23,24)/t17-,18-/m0/s1. The molecule has 0 radical (unpaired) electrons. The molecule has 2 aromatic rings. The van der Waals surface area contributed by atoms with Gasteiger partial charge in [0.1, 0.15) is 24.7 Å². The number of para-hydroxylation sites is 2. The first kappa shape index (κ1) is 22.8. The summed E-state index contributed by atoms with van der Waals surface area (Å²) in [6.07, 6.45) is -0.406. The van der Waals surface area contributed by atoms with Gasteiger partial charge in [-0.1, -0.05) is 24.3 Å². The highest BCUT2D eigenvalue weighted by molar-refractivity contribution is 7.73. The van der Waals surface area contributed by atoms with Gasteiger partial charge in [0, 0.05) is 0 Å². The average Bonchev–Trinajstić information content (AvgIpc) is 2.75. The predicted octanol–water partition coefficient (Wildman–Crippen LogP) is 2.51. The molecule has 3 rings (SSSR count). The van der Waals surface area contributed by atoms with Gasteiger partial charge in [0.25, 0.3) is 7.37 Å². The highest BCUT2D eigenvalue weighted by Gasteiger charge is 2.31. The van der Waals surface area contributed by atoms with Crippen molar-refractivity contribution in [2.75, 3.05) is 39.6 Å². The maximum absolute atomic E-state index is 13.6. The molecule has 0 spiro atoms. The van der Waals surface area contributed by atoms with Crippen molar-refractivity contribution in [3.8, 4) is 11.5 Å². The van der Waals surface area contributed by atoms with Crippen molar-refractivity contribution in [1.82, 2.24) is 0 Å². The van der Waals surface area contributed by atoms with Crippen LogP contribution in [0.1, 0.15) is 13.8 Å². The second-order valence-electron chi connectivity index (χ2n) is 7.11. The summed E-state index contributed by atoms with van der Waals surface area (Å²) in [5.41, 5.74) is 0. The third kappa shape index (κ3) is 6.06. The van der Waals surface area contributed by atoms with Crippen molar-refractivity contribution >= 4 is 18.0 Å². The van der Waals surface area contributed by atoms with Gasteiger partial charge in [0.15, 0.2) is 0 Å². The van der Waals surface area contributed by atoms with Crippen molar-refractivity contribution in [1.29, 1.82) is 0 Å². The van der Waals surface area contributed by atoms with Crippen LogP contribution in [0.4, 0.5) is 0 Å². The summed E-state index contributed by atoms with van der Waals surface area (Å²) in [5, 5.41) is 0.448. The fourth-order valence-corrected chi connectivity index (χ4v) is 4.73. The Labute approximate surface area is 177 Å². The molecule has 0 aliphatic carbocycles. The Morgan fingerprint density at radius 2 is 1.20 bits per heavy atom. The first-order valence-corrected chi connectivity index (χ1v) is 11.7. The maximum Gasteiger partial charge on any atom is 0.266 e. The lowest BCUT2D eigenvalue weighted by Gasteiger charge is -2.22. The fraction of sp³-hybridized carbons (Fsp3) is 0.455. The molecular weight excluding hydrogens is 407 g/mol. The van der Waals surface area contributed by atoms with Gasteiger partial charge in [-0.2, -0.15) is 0 Å². The highest BCUT2D eigenvalue weighted by Crippen LogP contribution is 2.44. The van der Waals surface area contributed by atoms with Crippen molar-refractivity contribution < 1.29 is 33.1 Å². The van der Waals surface area contributed by atoms with Crippen LogP contribution in [0.2, 0.25) is 0 Å². The number of benzene rings is 2. The number of rotatable bonds is 0. The third-order valence-electron chi connectivity index (χ3n) is 4.59. The van der Waals surface area contributed by atoms with Gasteiger partial charge in [-0.05, 0) is 38.1 Å². The second-order valence-corrected chi connectivity index (χ2v) is 9.22. The van der Waals surface area contributed by atoms with Crippen molar-refractivity contribution in [3.63, 3.8) is 0 Å². The molecule has 1 N–H and O–H groups in total. The Morgan fingerprint density at radius 1 is 0.767 bits per heavy atom. The van der Waals surface area contributed by atoms with E-state index in [0.29, 0.717) is 37.9 Å². The van der Waals surface area contributed by atoms with Crippen molar-refractivity contribution in [2.45, 2.75) is 26.1 Å². The maximum atomic E-state index is 13.6. The predicted molar refractivity (Wildman–Crippen MR) is 115 cm³/mol. The van der Waals surface area contributed by atoms with Crippen molar-refractivity contribution in [2.24, 2.45) is 0 Å². The van der Waals surface area contributed by atoms with E-state index >= 15 is 0 Å². The lowest BCUT2D eigenvalue weighted by molar-refractivity contribution is -0.0334. The number of fused-ring (bicyclic) bond motifs is 2. The van der Waals surface area contributed by atoms with E-state index in [1.54, 1.807) is 48.5 Å². The molecular formula is C22H29O7P. The number of ether oxygens (including phenoxy) is 5. The molecule has 8 heteroatoms. The van der Waals surface area contributed by atoms with E-state index in [1.807, 2.05) is 13.8 Å². The quantitative estimate of drug-likeness (QED) is 0.636. The van der Waals surface area contributed by atoms with Crippen LogP contribution in [-0.4, -0.2) is 56.7 Å². The molecule has 1 aliphatic rings. The molecule has 1 aliphatic heterocycles. The van der Waals surface area contributed by atoms with E-state index in [2.05, 4.69) is 0 Å². The van der Waals surface area contributed by atoms with Crippen LogP contribution in [0.15, 0.2) is 48.5 Å². The monoisotopic (exact) mass is 436 g/mol. The van der Waals surface area contributed by atoms with Crippen LogP contribution >= 0.6 is 7.37 Å². The summed E-state index contributed by atoms with van der Waals surface area (Å²) >= 11 is 0. The SMILES string of the molecule is C[C@H]1COc2ccccc2P(=O)(O)c2ccccc2OC[C@H](C)OCCOCCO1. The van der Waals surface area contributed by atoms with E-state index in [1.165, 1.54) is 0 Å². The Kier molecular flexibility index (Phi) is 8.31. The minimum Gasteiger partial charge on any atom is -0.490 e. The zero-order valence-corrected chi connectivity index (χ0v) is 18.3. The molecule has 0 fully saturated rings. The van der Waals surface area contributed by atoms with Gasteiger partial charge >= 0.3 is 0 Å². The summed E-state index contributed by atoms with van der Waals surface area (Å²) < 4.78 is 42.2. The minimum atomic E-state index is -3.97. The molecule has 0 bridgehead atoms. The Morgan fingerprint density at radius 3 is 1.67 bits per heavy atom. The summed E-state index contributed by atoms with van der Waals surface area (Å²) in [6, 6.07) is 13.6. The summed E-state index contributed by atoms with van der Waals surface area (Å²) in [6.45, 7) is 6.02. The van der Waals surface area contributed by atoms with E-state index in [4.69, 9.17) is 23.7 Å². The Bertz CT molecular complexity index is 791. The highest BCUT2D eigenvalue weighted by atomic mass is 31.2. The van der Waals surface area contributed by atoms with Gasteiger partial charge < -0.3 is 28.6 Å². The Hall–Kier alpha value is -1.89. The average molecular weight is 436 g/mol. The van der Waals surface area contributed by atoms with Gasteiger partial charge in [-0.15, -0.1) is 0 Å². The molecule has 0 aromatic heterocycles. The van der Waals surface area contributed by atoms with Crippen LogP contribution in [0.3, 0.4) is 0 Å². The van der Waals surface area contributed by atoms with E-state index in [0.717, 1.165) is 0 Å². The topological polar surface area (TPSA) is 83.5 Å². The molecule has 0 unspecified atom stereocenters. The van der Waals surface area contributed by atoms with Crippen LogP contribution in [0, 0.1) is 0 Å². The lowest BCUT2D eigenvalue weighted by atomic mass is 10.3. The molecule has 2 aromatic carbocycles. The van der Waals surface area contributed by atoms with E-state index < -0.39 is 7.37 Å². The first-order valence-electron chi connectivity index (χ1n) is 10.1. The molecule has 0 saturated heterocycles.